The predicted octanol–water partition coefficient (Wildman–Crippen LogP) is 4.20. The number of nitrogens with zero attached hydrogens (tertiary/aromatic N) is 1. The summed E-state index contributed by atoms with van der Waals surface area (Å²) in [5.74, 6) is 0. The molecule has 0 fully saturated rings. The Bertz CT molecular complexity index is 385. The number of benzene rings is 1. The lowest BCUT2D eigenvalue weighted by molar-refractivity contribution is 1.34. The Morgan fingerprint density at radius 2 is 1.79 bits per heavy atom. The second-order valence-electron chi connectivity index (χ2n) is 2.83. The zero-order chi connectivity index (χ0) is 10.6. The molecule has 14 heavy (non-hydrogen) atoms. The van der Waals surface area contributed by atoms with E-state index in [0.29, 0.717) is 0 Å². The van der Waals surface area contributed by atoms with Crippen LogP contribution >= 0.6 is 45.2 Å². The van der Waals surface area contributed by atoms with Gasteiger partial charge in [0, 0.05) is 5.39 Å². The molecule has 0 saturated heterocycles. The molecule has 0 saturated carbocycles. The van der Waals surface area contributed by atoms with E-state index in [4.69, 9.17) is 0 Å². The largest absolute Gasteiger partial charge is 0.242 e. The topological polar surface area (TPSA) is 12.9 Å². The van der Waals surface area contributed by atoms with Gasteiger partial charge in [-0.25, -0.2) is 4.98 Å². The molecule has 74 valence electrons. The number of aryl methyl sites for hydroxylation is 1. The van der Waals surface area contributed by atoms with Crippen molar-refractivity contribution in [3.63, 3.8) is 0 Å². The number of alkyl halides is 1. The first-order valence-electron chi connectivity index (χ1n) is 4.16. The molecule has 1 nitrogen and oxygen atoms in total. The molecule has 0 aliphatic carbocycles. The van der Waals surface area contributed by atoms with E-state index < -0.39 is 0 Å². The van der Waals surface area contributed by atoms with Crippen LogP contribution < -0.4 is 0 Å². The Morgan fingerprint density at radius 3 is 2.50 bits per heavy atom. The first-order chi connectivity index (χ1) is 6.75. The average Bonchev–Trinajstić information content (AvgIpc) is 2.21. The first-order valence-corrected chi connectivity index (χ1v) is 7.40. The molecule has 1 aromatic heterocycles. The summed E-state index contributed by atoms with van der Waals surface area (Å²) in [5.41, 5.74) is 2.36. The normalized spacial score (nSPS) is 9.43. The van der Waals surface area contributed by atoms with Crippen molar-refractivity contribution in [1.82, 2.24) is 4.98 Å². The predicted molar refractivity (Wildman–Crippen MR) is 79.1 cm³/mol. The van der Waals surface area contributed by atoms with Crippen LogP contribution in [0.15, 0.2) is 30.3 Å². The van der Waals surface area contributed by atoms with Crippen LogP contribution in [0.25, 0.3) is 10.9 Å². The van der Waals surface area contributed by atoms with Crippen molar-refractivity contribution in [3.8, 4) is 0 Å². The SMILES string of the molecule is CI.Cc1ccc2nc(I)ccc2c1. The lowest BCUT2D eigenvalue weighted by atomic mass is 10.1. The van der Waals surface area contributed by atoms with Gasteiger partial charge in [-0.15, -0.1) is 0 Å². The van der Waals surface area contributed by atoms with E-state index in [9.17, 15) is 0 Å². The molecule has 1 heterocycles. The molecule has 1 aromatic carbocycles. The van der Waals surface area contributed by atoms with E-state index in [1.165, 1.54) is 10.9 Å². The van der Waals surface area contributed by atoms with Crippen LogP contribution in [0.5, 0.6) is 0 Å². The Balaban J connectivity index is 0.000000461. The van der Waals surface area contributed by atoms with Crippen molar-refractivity contribution in [2.75, 3.05) is 4.93 Å². The van der Waals surface area contributed by atoms with Crippen molar-refractivity contribution in [3.05, 3.63) is 39.6 Å². The monoisotopic (exact) mass is 411 g/mol. The lowest BCUT2D eigenvalue weighted by Gasteiger charge is -1.98. The summed E-state index contributed by atoms with van der Waals surface area (Å²) in [6.45, 7) is 2.09. The van der Waals surface area contributed by atoms with Crippen LogP contribution in [0.1, 0.15) is 5.56 Å². The summed E-state index contributed by atoms with van der Waals surface area (Å²) in [4.78, 5) is 6.37. The summed E-state index contributed by atoms with van der Waals surface area (Å²) < 4.78 is 1.05. The fourth-order valence-corrected chi connectivity index (χ4v) is 1.66. The van der Waals surface area contributed by atoms with Gasteiger partial charge in [-0.05, 0) is 52.6 Å². The molecule has 0 amide bonds. The summed E-state index contributed by atoms with van der Waals surface area (Å²) >= 11 is 4.38. The zero-order valence-corrected chi connectivity index (χ0v) is 12.4. The Kier molecular flexibility index (Phi) is 5.08. The maximum Gasteiger partial charge on any atom is 0.102 e. The summed E-state index contributed by atoms with van der Waals surface area (Å²) in [7, 11) is 0. The van der Waals surface area contributed by atoms with Gasteiger partial charge < -0.3 is 0 Å². The summed E-state index contributed by atoms with van der Waals surface area (Å²) in [6.07, 6.45) is 0. The third kappa shape index (κ3) is 3.05. The zero-order valence-electron chi connectivity index (χ0n) is 8.09. The highest BCUT2D eigenvalue weighted by atomic mass is 127. The van der Waals surface area contributed by atoms with E-state index in [1.54, 1.807) is 0 Å². The maximum absolute atomic E-state index is 4.40. The van der Waals surface area contributed by atoms with E-state index in [2.05, 4.69) is 81.4 Å². The summed E-state index contributed by atoms with van der Waals surface area (Å²) in [6, 6.07) is 10.4. The number of rotatable bonds is 0. The Labute approximate surface area is 112 Å². The highest BCUT2D eigenvalue weighted by molar-refractivity contribution is 14.1. The third-order valence-corrected chi connectivity index (χ3v) is 2.41. The fraction of sp³-hybridized carbons (Fsp3) is 0.182. The van der Waals surface area contributed by atoms with Crippen LogP contribution in [0, 0.1) is 10.6 Å². The third-order valence-electron chi connectivity index (χ3n) is 1.81. The minimum Gasteiger partial charge on any atom is -0.242 e. The molecule has 0 unspecified atom stereocenters. The van der Waals surface area contributed by atoms with Crippen LogP contribution in [0.2, 0.25) is 0 Å². The number of fused-ring (bicyclic) bond motifs is 1. The van der Waals surface area contributed by atoms with Crippen molar-refractivity contribution in [1.29, 1.82) is 0 Å². The molecule has 0 bridgehead atoms. The van der Waals surface area contributed by atoms with Gasteiger partial charge in [0.2, 0.25) is 0 Å². The van der Waals surface area contributed by atoms with E-state index >= 15 is 0 Å². The highest BCUT2D eigenvalue weighted by Gasteiger charge is 1.94. The summed E-state index contributed by atoms with van der Waals surface area (Å²) in [5, 5.41) is 1.22. The van der Waals surface area contributed by atoms with Gasteiger partial charge in [-0.3, -0.25) is 0 Å². The van der Waals surface area contributed by atoms with Crippen LogP contribution in [0.3, 0.4) is 0 Å². The average molecular weight is 411 g/mol. The van der Waals surface area contributed by atoms with Gasteiger partial charge in [0.05, 0.1) is 5.52 Å². The Hall–Kier alpha value is 0.0900. The molecular weight excluding hydrogens is 400 g/mol. The van der Waals surface area contributed by atoms with E-state index in [-0.39, 0.29) is 0 Å². The molecule has 0 N–H and O–H groups in total. The van der Waals surface area contributed by atoms with Crippen LogP contribution in [0.4, 0.5) is 0 Å². The van der Waals surface area contributed by atoms with Crippen molar-refractivity contribution >= 4 is 56.1 Å². The quantitative estimate of drug-likeness (QED) is 0.360. The molecule has 0 radical (unpaired) electrons. The van der Waals surface area contributed by atoms with Crippen LogP contribution in [-0.2, 0) is 0 Å². The molecule has 0 spiro atoms. The number of halogens is 2. The Morgan fingerprint density at radius 1 is 1.07 bits per heavy atom. The smallest absolute Gasteiger partial charge is 0.102 e. The van der Waals surface area contributed by atoms with Gasteiger partial charge >= 0.3 is 0 Å². The second kappa shape index (κ2) is 5.85. The molecule has 0 aliphatic heterocycles. The second-order valence-corrected chi connectivity index (χ2v) is 3.94. The number of hydrogen-bond donors (Lipinski definition) is 0. The van der Waals surface area contributed by atoms with Crippen molar-refractivity contribution in [2.24, 2.45) is 0 Å². The molecule has 0 aliphatic rings. The minimum absolute atomic E-state index is 1.05. The van der Waals surface area contributed by atoms with Gasteiger partial charge in [-0.2, -0.15) is 0 Å². The van der Waals surface area contributed by atoms with Gasteiger partial charge in [0.15, 0.2) is 0 Å². The number of aromatic nitrogens is 1. The molecule has 2 rings (SSSR count). The van der Waals surface area contributed by atoms with Gasteiger partial charge in [0.25, 0.3) is 0 Å². The molecule has 2 aromatic rings. The molecule has 0 atom stereocenters. The number of pyridine rings is 1. The lowest BCUT2D eigenvalue weighted by Crippen LogP contribution is -1.82. The fourth-order valence-electron chi connectivity index (χ4n) is 1.22. The van der Waals surface area contributed by atoms with Crippen molar-refractivity contribution < 1.29 is 0 Å². The van der Waals surface area contributed by atoms with Crippen molar-refractivity contribution in [2.45, 2.75) is 6.92 Å². The maximum atomic E-state index is 4.40. The first kappa shape index (κ1) is 12.2. The molecular formula is C11H11I2N. The van der Waals surface area contributed by atoms with Gasteiger partial charge in [-0.1, -0.05) is 40.3 Å². The van der Waals surface area contributed by atoms with Crippen LogP contribution in [-0.4, -0.2) is 9.91 Å². The van der Waals surface area contributed by atoms with Gasteiger partial charge in [0.1, 0.15) is 3.70 Å². The highest BCUT2D eigenvalue weighted by Crippen LogP contribution is 2.14. The minimum atomic E-state index is 1.05. The molecule has 3 heteroatoms. The number of hydrogen-bond acceptors (Lipinski definition) is 1. The standard InChI is InChI=1S/C10H8IN.CH3I/c1-7-2-4-9-8(6-7)3-5-10(11)12-9;1-2/h2-6H,1H3;1H3. The van der Waals surface area contributed by atoms with E-state index in [0.717, 1.165) is 9.22 Å². The van der Waals surface area contributed by atoms with E-state index in [1.807, 2.05) is 11.0 Å².